The number of hydrogen-bond donors (Lipinski definition) is 2. The number of hydrogen-bond acceptors (Lipinski definition) is 4. The van der Waals surface area contributed by atoms with Gasteiger partial charge in [-0.2, -0.15) is 0 Å². The lowest BCUT2D eigenvalue weighted by molar-refractivity contribution is -0.117. The molecular formula is C13H18ClN3O2. The first-order valence-corrected chi connectivity index (χ1v) is 6.57. The van der Waals surface area contributed by atoms with Crippen molar-refractivity contribution in [3.63, 3.8) is 0 Å². The predicted molar refractivity (Wildman–Crippen MR) is 76.3 cm³/mol. The zero-order valence-electron chi connectivity index (χ0n) is 10.9. The highest BCUT2D eigenvalue weighted by molar-refractivity contribution is 6.33. The van der Waals surface area contributed by atoms with E-state index in [1.165, 1.54) is 0 Å². The molecular weight excluding hydrogens is 266 g/mol. The van der Waals surface area contributed by atoms with Gasteiger partial charge >= 0.3 is 0 Å². The van der Waals surface area contributed by atoms with Gasteiger partial charge in [0.2, 0.25) is 5.91 Å². The van der Waals surface area contributed by atoms with Gasteiger partial charge in [0.25, 0.3) is 0 Å². The normalized spacial score (nSPS) is 18.8. The summed E-state index contributed by atoms with van der Waals surface area (Å²) in [7, 11) is 1.92. The highest BCUT2D eigenvalue weighted by Gasteiger charge is 2.22. The summed E-state index contributed by atoms with van der Waals surface area (Å²) in [5, 5.41) is 3.25. The molecule has 3 N–H and O–H groups in total. The maximum Gasteiger partial charge on any atom is 0.238 e. The van der Waals surface area contributed by atoms with Crippen molar-refractivity contribution >= 4 is 28.9 Å². The summed E-state index contributed by atoms with van der Waals surface area (Å²) in [6.07, 6.45) is 0.961. The molecule has 1 fully saturated rings. The van der Waals surface area contributed by atoms with E-state index >= 15 is 0 Å². The standard InChI is InChI=1S/C13H18ClN3O2/c1-17(10-4-5-19-8-10)7-13(18)16-12-6-9(15)2-3-11(12)14/h2-3,6,10H,4-5,7-8,15H2,1H3,(H,16,18). The Morgan fingerprint density at radius 3 is 3.11 bits per heavy atom. The van der Waals surface area contributed by atoms with Crippen molar-refractivity contribution in [3.05, 3.63) is 23.2 Å². The van der Waals surface area contributed by atoms with E-state index in [-0.39, 0.29) is 5.91 Å². The molecule has 1 aromatic rings. The first-order chi connectivity index (χ1) is 9.06. The number of carbonyl (C=O) groups is 1. The SMILES string of the molecule is CN(CC(=O)Nc1cc(N)ccc1Cl)C1CCOC1. The van der Waals surface area contributed by atoms with E-state index in [1.54, 1.807) is 18.2 Å². The summed E-state index contributed by atoms with van der Waals surface area (Å²) in [6, 6.07) is 5.32. The molecule has 0 bridgehead atoms. The van der Waals surface area contributed by atoms with E-state index in [0.717, 1.165) is 13.0 Å². The van der Waals surface area contributed by atoms with Gasteiger partial charge in [0, 0.05) is 18.3 Å². The summed E-state index contributed by atoms with van der Waals surface area (Å²) in [6.45, 7) is 1.75. The molecule has 1 saturated heterocycles. The maximum atomic E-state index is 12.0. The fourth-order valence-electron chi connectivity index (χ4n) is 2.05. The predicted octanol–water partition coefficient (Wildman–Crippen LogP) is 1.58. The number of anilines is 2. The number of nitrogens with one attached hydrogen (secondary N) is 1. The second kappa shape index (κ2) is 6.23. The van der Waals surface area contributed by atoms with Crippen molar-refractivity contribution in [2.75, 3.05) is 37.9 Å². The highest BCUT2D eigenvalue weighted by Crippen LogP contribution is 2.24. The molecule has 1 aliphatic heterocycles. The number of nitrogens with zero attached hydrogens (tertiary/aromatic N) is 1. The third kappa shape index (κ3) is 3.83. The fraction of sp³-hybridized carbons (Fsp3) is 0.462. The van der Waals surface area contributed by atoms with E-state index in [1.807, 2.05) is 11.9 Å². The van der Waals surface area contributed by atoms with Crippen LogP contribution < -0.4 is 11.1 Å². The van der Waals surface area contributed by atoms with Crippen LogP contribution in [0.5, 0.6) is 0 Å². The van der Waals surface area contributed by atoms with E-state index < -0.39 is 0 Å². The summed E-state index contributed by atoms with van der Waals surface area (Å²) in [5.41, 5.74) is 6.78. The molecule has 19 heavy (non-hydrogen) atoms. The van der Waals surface area contributed by atoms with Crippen molar-refractivity contribution in [2.45, 2.75) is 12.5 Å². The summed E-state index contributed by atoms with van der Waals surface area (Å²) in [5.74, 6) is -0.109. The number of rotatable bonds is 4. The van der Waals surface area contributed by atoms with Crippen molar-refractivity contribution in [2.24, 2.45) is 0 Å². The average Bonchev–Trinajstić information content (AvgIpc) is 2.87. The van der Waals surface area contributed by atoms with Crippen molar-refractivity contribution < 1.29 is 9.53 Å². The highest BCUT2D eigenvalue weighted by atomic mass is 35.5. The van der Waals surface area contributed by atoms with Gasteiger partial charge in [-0.1, -0.05) is 11.6 Å². The van der Waals surface area contributed by atoms with Crippen LogP contribution in [-0.4, -0.2) is 43.7 Å². The molecule has 1 unspecified atom stereocenters. The van der Waals surface area contributed by atoms with Crippen LogP contribution in [0.4, 0.5) is 11.4 Å². The summed E-state index contributed by atoms with van der Waals surface area (Å²) in [4.78, 5) is 13.9. The van der Waals surface area contributed by atoms with Gasteiger partial charge in [-0.3, -0.25) is 9.69 Å². The minimum Gasteiger partial charge on any atom is -0.399 e. The largest absolute Gasteiger partial charge is 0.399 e. The molecule has 1 aliphatic rings. The van der Waals surface area contributed by atoms with E-state index in [0.29, 0.717) is 35.6 Å². The molecule has 1 aromatic carbocycles. The molecule has 0 aromatic heterocycles. The number of likely N-dealkylation sites (N-methyl/N-ethyl adjacent to an activating group) is 1. The lowest BCUT2D eigenvalue weighted by Crippen LogP contribution is -2.38. The lowest BCUT2D eigenvalue weighted by atomic mass is 10.2. The molecule has 2 rings (SSSR count). The van der Waals surface area contributed by atoms with Gasteiger partial charge in [0.15, 0.2) is 0 Å². The smallest absolute Gasteiger partial charge is 0.238 e. The molecule has 6 heteroatoms. The van der Waals surface area contributed by atoms with Crippen LogP contribution in [0.2, 0.25) is 5.02 Å². The van der Waals surface area contributed by atoms with Crippen LogP contribution in [-0.2, 0) is 9.53 Å². The van der Waals surface area contributed by atoms with Crippen LogP contribution in [0.15, 0.2) is 18.2 Å². The van der Waals surface area contributed by atoms with Crippen molar-refractivity contribution in [1.29, 1.82) is 0 Å². The van der Waals surface area contributed by atoms with Crippen LogP contribution in [0.25, 0.3) is 0 Å². The molecule has 1 atom stereocenters. The number of halogens is 1. The second-order valence-electron chi connectivity index (χ2n) is 4.72. The van der Waals surface area contributed by atoms with Gasteiger partial charge in [0.05, 0.1) is 23.9 Å². The van der Waals surface area contributed by atoms with Crippen LogP contribution in [0.3, 0.4) is 0 Å². The van der Waals surface area contributed by atoms with Gasteiger partial charge < -0.3 is 15.8 Å². The zero-order chi connectivity index (χ0) is 13.8. The zero-order valence-corrected chi connectivity index (χ0v) is 11.6. The Hall–Kier alpha value is -1.30. The van der Waals surface area contributed by atoms with Gasteiger partial charge in [-0.15, -0.1) is 0 Å². The van der Waals surface area contributed by atoms with Crippen molar-refractivity contribution in [1.82, 2.24) is 4.90 Å². The molecule has 0 spiro atoms. The number of carbonyl (C=O) groups excluding carboxylic acids is 1. The van der Waals surface area contributed by atoms with E-state index in [4.69, 9.17) is 22.1 Å². The molecule has 0 aliphatic carbocycles. The number of ether oxygens (including phenoxy) is 1. The van der Waals surface area contributed by atoms with Crippen LogP contribution in [0, 0.1) is 0 Å². The Bertz CT molecular complexity index is 461. The second-order valence-corrected chi connectivity index (χ2v) is 5.13. The number of benzene rings is 1. The summed E-state index contributed by atoms with van der Waals surface area (Å²) >= 11 is 6.00. The van der Waals surface area contributed by atoms with Crippen LogP contribution >= 0.6 is 11.6 Å². The number of nitrogens with two attached hydrogens (primary N) is 1. The topological polar surface area (TPSA) is 67.6 Å². The first-order valence-electron chi connectivity index (χ1n) is 6.19. The molecule has 0 saturated carbocycles. The number of amides is 1. The van der Waals surface area contributed by atoms with Gasteiger partial charge in [-0.25, -0.2) is 0 Å². The molecule has 0 radical (unpaired) electrons. The monoisotopic (exact) mass is 283 g/mol. The Balaban J connectivity index is 1.91. The minimum absolute atomic E-state index is 0.109. The fourth-order valence-corrected chi connectivity index (χ4v) is 2.22. The Morgan fingerprint density at radius 1 is 1.63 bits per heavy atom. The number of nitrogen functional groups attached to an aromatic ring is 1. The van der Waals surface area contributed by atoms with Gasteiger partial charge in [0.1, 0.15) is 0 Å². The molecule has 5 nitrogen and oxygen atoms in total. The summed E-state index contributed by atoms with van der Waals surface area (Å²) < 4.78 is 5.30. The van der Waals surface area contributed by atoms with Crippen molar-refractivity contribution in [3.8, 4) is 0 Å². The Kier molecular flexibility index (Phi) is 4.63. The van der Waals surface area contributed by atoms with E-state index in [2.05, 4.69) is 5.32 Å². The molecule has 1 amide bonds. The quantitative estimate of drug-likeness (QED) is 0.824. The van der Waals surface area contributed by atoms with Gasteiger partial charge in [-0.05, 0) is 31.7 Å². The third-order valence-corrected chi connectivity index (χ3v) is 3.52. The van der Waals surface area contributed by atoms with E-state index in [9.17, 15) is 4.79 Å². The van der Waals surface area contributed by atoms with Crippen LogP contribution in [0.1, 0.15) is 6.42 Å². The lowest BCUT2D eigenvalue weighted by Gasteiger charge is -2.22. The third-order valence-electron chi connectivity index (χ3n) is 3.19. The Morgan fingerprint density at radius 2 is 2.42 bits per heavy atom. The Labute approximate surface area is 117 Å². The average molecular weight is 284 g/mol. The molecule has 104 valence electrons. The minimum atomic E-state index is -0.109. The maximum absolute atomic E-state index is 12.0. The molecule has 1 heterocycles. The first kappa shape index (κ1) is 14.1.